The van der Waals surface area contributed by atoms with Gasteiger partial charge in [-0.15, -0.1) is 34.8 Å². The predicted molar refractivity (Wildman–Crippen MR) is 82.4 cm³/mol. The summed E-state index contributed by atoms with van der Waals surface area (Å²) in [6, 6.07) is 0. The SMILES string of the molecule is CCCC(COC(=O)CCl)(COC(=O)CCl)COC(=O)CCl. The van der Waals surface area contributed by atoms with Gasteiger partial charge in [0, 0.05) is 0 Å². The molecule has 9 heteroatoms. The molecule has 0 N–H and O–H groups in total. The normalized spacial score (nSPS) is 10.9. The van der Waals surface area contributed by atoms with Crippen molar-refractivity contribution in [3.8, 4) is 0 Å². The molecule has 0 aliphatic carbocycles. The van der Waals surface area contributed by atoms with Crippen molar-refractivity contribution in [2.24, 2.45) is 5.41 Å². The Bertz CT molecular complexity index is 324. The Kier molecular flexibility index (Phi) is 11.4. The van der Waals surface area contributed by atoms with E-state index in [1.165, 1.54) is 0 Å². The van der Waals surface area contributed by atoms with Crippen molar-refractivity contribution in [1.82, 2.24) is 0 Å². The molecule has 6 nitrogen and oxygen atoms in total. The Balaban J connectivity index is 4.92. The molecule has 0 rings (SSSR count). The van der Waals surface area contributed by atoms with Crippen LogP contribution in [0.15, 0.2) is 0 Å². The van der Waals surface area contributed by atoms with E-state index in [0.29, 0.717) is 12.8 Å². The number of rotatable bonds is 11. The summed E-state index contributed by atoms with van der Waals surface area (Å²) in [7, 11) is 0. The smallest absolute Gasteiger partial charge is 0.320 e. The molecule has 0 aliphatic heterocycles. The molecule has 128 valence electrons. The van der Waals surface area contributed by atoms with Gasteiger partial charge < -0.3 is 14.2 Å². The zero-order valence-electron chi connectivity index (χ0n) is 12.2. The van der Waals surface area contributed by atoms with Crippen LogP contribution >= 0.6 is 34.8 Å². The second-order valence-electron chi connectivity index (χ2n) is 4.63. The number of esters is 3. The van der Waals surface area contributed by atoms with E-state index in [0.717, 1.165) is 0 Å². The molecule has 0 spiro atoms. The third kappa shape index (κ3) is 8.66. The van der Waals surface area contributed by atoms with Crippen molar-refractivity contribution >= 4 is 52.7 Å². The Morgan fingerprint density at radius 2 is 1.09 bits per heavy atom. The van der Waals surface area contributed by atoms with E-state index in [1.54, 1.807) is 0 Å². The maximum atomic E-state index is 11.2. The highest BCUT2D eigenvalue weighted by Crippen LogP contribution is 2.26. The third-order valence-electron chi connectivity index (χ3n) is 2.73. The van der Waals surface area contributed by atoms with Gasteiger partial charge in [-0.05, 0) is 6.42 Å². The first kappa shape index (κ1) is 21.3. The van der Waals surface area contributed by atoms with Crippen molar-refractivity contribution in [1.29, 1.82) is 0 Å². The summed E-state index contributed by atoms with van der Waals surface area (Å²) in [6.45, 7) is 1.59. The lowest BCUT2D eigenvalue weighted by Crippen LogP contribution is -2.40. The molecule has 0 aromatic rings. The molecule has 0 heterocycles. The molecule has 0 bridgehead atoms. The second-order valence-corrected chi connectivity index (χ2v) is 5.43. The van der Waals surface area contributed by atoms with Gasteiger partial charge in [-0.3, -0.25) is 14.4 Å². The topological polar surface area (TPSA) is 78.9 Å². The molecule has 0 aromatic heterocycles. The van der Waals surface area contributed by atoms with E-state index in [9.17, 15) is 14.4 Å². The summed E-state index contributed by atoms with van der Waals surface area (Å²) >= 11 is 16.1. The standard InChI is InChI=1S/C13H19Cl3O6/c1-2-3-13(7-20-10(17)4-14,8-21-11(18)5-15)9-22-12(19)6-16/h2-9H2,1H3. The van der Waals surface area contributed by atoms with Crippen LogP contribution in [0, 0.1) is 5.41 Å². The maximum absolute atomic E-state index is 11.2. The predicted octanol–water partition coefficient (Wildman–Crippen LogP) is 2.12. The highest BCUT2D eigenvalue weighted by Gasteiger charge is 2.35. The minimum Gasteiger partial charge on any atom is -0.464 e. The van der Waals surface area contributed by atoms with Crippen molar-refractivity contribution < 1.29 is 28.6 Å². The first-order valence-electron chi connectivity index (χ1n) is 6.57. The van der Waals surface area contributed by atoms with Gasteiger partial charge in [-0.2, -0.15) is 0 Å². The molecule has 0 aromatic carbocycles. The molecule has 0 amide bonds. The van der Waals surface area contributed by atoms with Crippen molar-refractivity contribution in [2.75, 3.05) is 37.5 Å². The Labute approximate surface area is 144 Å². The van der Waals surface area contributed by atoms with E-state index in [1.807, 2.05) is 6.92 Å². The van der Waals surface area contributed by atoms with E-state index in [4.69, 9.17) is 49.0 Å². The molecule has 0 atom stereocenters. The Hall–Kier alpha value is -0.720. The van der Waals surface area contributed by atoms with Crippen molar-refractivity contribution in [3.63, 3.8) is 0 Å². The lowest BCUT2D eigenvalue weighted by atomic mass is 9.86. The van der Waals surface area contributed by atoms with Gasteiger partial charge in [-0.25, -0.2) is 0 Å². The van der Waals surface area contributed by atoms with Crippen LogP contribution < -0.4 is 0 Å². The molecule has 0 fully saturated rings. The molecule has 0 radical (unpaired) electrons. The van der Waals surface area contributed by atoms with Crippen LogP contribution in [0.5, 0.6) is 0 Å². The molecule has 22 heavy (non-hydrogen) atoms. The van der Waals surface area contributed by atoms with Gasteiger partial charge in [0.2, 0.25) is 0 Å². The van der Waals surface area contributed by atoms with Gasteiger partial charge in [0.25, 0.3) is 0 Å². The maximum Gasteiger partial charge on any atom is 0.320 e. The number of halogens is 3. The Morgan fingerprint density at radius 3 is 1.32 bits per heavy atom. The van der Waals surface area contributed by atoms with Crippen LogP contribution in [0.1, 0.15) is 19.8 Å². The minimum absolute atomic E-state index is 0.0997. The molecular weight excluding hydrogens is 358 g/mol. The molecule has 0 aliphatic rings. The van der Waals surface area contributed by atoms with Gasteiger partial charge >= 0.3 is 17.9 Å². The Morgan fingerprint density at radius 1 is 0.773 bits per heavy atom. The van der Waals surface area contributed by atoms with E-state index >= 15 is 0 Å². The minimum atomic E-state index is -0.861. The van der Waals surface area contributed by atoms with Crippen LogP contribution in [-0.2, 0) is 28.6 Å². The highest BCUT2D eigenvalue weighted by molar-refractivity contribution is 6.27. The summed E-state index contributed by atoms with van der Waals surface area (Å²) in [4.78, 5) is 33.7. The summed E-state index contributed by atoms with van der Waals surface area (Å²) in [6.07, 6.45) is 1.18. The highest BCUT2D eigenvalue weighted by atomic mass is 35.5. The number of hydrogen-bond donors (Lipinski definition) is 0. The largest absolute Gasteiger partial charge is 0.464 e. The van der Waals surface area contributed by atoms with E-state index in [2.05, 4.69) is 0 Å². The lowest BCUT2D eigenvalue weighted by Gasteiger charge is -2.31. The fraction of sp³-hybridized carbons (Fsp3) is 0.769. The summed E-state index contributed by atoms with van der Waals surface area (Å²) in [5, 5.41) is 0. The zero-order chi connectivity index (χ0) is 17.0. The zero-order valence-corrected chi connectivity index (χ0v) is 14.5. The van der Waals surface area contributed by atoms with Gasteiger partial charge in [0.1, 0.15) is 37.5 Å². The monoisotopic (exact) mass is 376 g/mol. The van der Waals surface area contributed by atoms with Crippen LogP contribution in [0.25, 0.3) is 0 Å². The van der Waals surface area contributed by atoms with Crippen LogP contribution in [-0.4, -0.2) is 55.4 Å². The lowest BCUT2D eigenvalue weighted by molar-refractivity contribution is -0.159. The molecule has 0 saturated carbocycles. The summed E-state index contributed by atoms with van der Waals surface area (Å²) in [5.41, 5.74) is -0.861. The quantitative estimate of drug-likeness (QED) is 0.312. The van der Waals surface area contributed by atoms with Crippen molar-refractivity contribution in [3.05, 3.63) is 0 Å². The molecule has 0 saturated heterocycles. The van der Waals surface area contributed by atoms with Gasteiger partial charge in [0.05, 0.1) is 5.41 Å². The fourth-order valence-electron chi connectivity index (χ4n) is 1.69. The average Bonchev–Trinajstić information content (AvgIpc) is 2.54. The first-order valence-corrected chi connectivity index (χ1v) is 8.18. The van der Waals surface area contributed by atoms with Crippen LogP contribution in [0.2, 0.25) is 0 Å². The number of carbonyl (C=O) groups excluding carboxylic acids is 3. The van der Waals surface area contributed by atoms with E-state index < -0.39 is 23.3 Å². The van der Waals surface area contributed by atoms with Crippen LogP contribution in [0.3, 0.4) is 0 Å². The second kappa shape index (κ2) is 11.8. The molecular formula is C13H19Cl3O6. The first-order chi connectivity index (χ1) is 10.4. The number of alkyl halides is 3. The van der Waals surface area contributed by atoms with Crippen LogP contribution in [0.4, 0.5) is 0 Å². The van der Waals surface area contributed by atoms with E-state index in [-0.39, 0.29) is 37.5 Å². The van der Waals surface area contributed by atoms with Crippen molar-refractivity contribution in [2.45, 2.75) is 19.8 Å². The molecule has 0 unspecified atom stereocenters. The fourth-order valence-corrected chi connectivity index (χ4v) is 1.92. The van der Waals surface area contributed by atoms with Gasteiger partial charge in [-0.1, -0.05) is 13.3 Å². The average molecular weight is 378 g/mol. The third-order valence-corrected chi connectivity index (χ3v) is 3.38. The number of ether oxygens (including phenoxy) is 3. The summed E-state index contributed by atoms with van der Waals surface area (Å²) in [5.74, 6) is -2.75. The number of hydrogen-bond acceptors (Lipinski definition) is 6. The number of carbonyl (C=O) groups is 3. The summed E-state index contributed by atoms with van der Waals surface area (Å²) < 4.78 is 15.1. The van der Waals surface area contributed by atoms with Gasteiger partial charge in [0.15, 0.2) is 0 Å².